The topological polar surface area (TPSA) is 79.4 Å². The van der Waals surface area contributed by atoms with Crippen LogP contribution >= 0.6 is 39.1 Å². The van der Waals surface area contributed by atoms with Gasteiger partial charge in [-0.15, -0.1) is 0 Å². The normalized spacial score (nSPS) is 14.5. The van der Waals surface area contributed by atoms with Gasteiger partial charge in [-0.1, -0.05) is 23.2 Å². The summed E-state index contributed by atoms with van der Waals surface area (Å²) in [4.78, 5) is 22.8. The van der Waals surface area contributed by atoms with Crippen LogP contribution in [-0.4, -0.2) is 47.6 Å². The van der Waals surface area contributed by atoms with Gasteiger partial charge in [-0.25, -0.2) is 14.8 Å². The highest BCUT2D eigenvalue weighted by molar-refractivity contribution is 9.10. The number of nitrogens with zero attached hydrogens (tertiary/aromatic N) is 3. The molecule has 4 rings (SSSR count). The summed E-state index contributed by atoms with van der Waals surface area (Å²) in [6, 6.07) is 12.9. The third-order valence-electron chi connectivity index (χ3n) is 5.83. The van der Waals surface area contributed by atoms with Crippen molar-refractivity contribution in [1.29, 1.82) is 0 Å². The molecule has 0 radical (unpaired) electrons. The molecule has 184 valence electrons. The Bertz CT molecular complexity index is 1150. The number of likely N-dealkylation sites (tertiary alicyclic amines) is 1. The smallest absolute Gasteiger partial charge is 0.314 e. The first-order valence-electron chi connectivity index (χ1n) is 11.3. The largest absolute Gasteiger partial charge is 0.437 e. The second kappa shape index (κ2) is 12.0. The predicted octanol–water partition coefficient (Wildman–Crippen LogP) is 6.15. The highest BCUT2D eigenvalue weighted by Gasteiger charge is 2.20. The number of pyridine rings is 2. The number of benzene rings is 1. The van der Waals surface area contributed by atoms with E-state index in [2.05, 4.69) is 36.4 Å². The molecule has 1 aliphatic heterocycles. The van der Waals surface area contributed by atoms with E-state index in [0.717, 1.165) is 53.9 Å². The lowest BCUT2D eigenvalue weighted by Crippen LogP contribution is -2.40. The van der Waals surface area contributed by atoms with Gasteiger partial charge in [-0.3, -0.25) is 4.90 Å². The molecule has 2 aromatic heterocycles. The molecule has 0 spiro atoms. The van der Waals surface area contributed by atoms with E-state index in [1.54, 1.807) is 19.3 Å². The van der Waals surface area contributed by atoms with Gasteiger partial charge in [0.15, 0.2) is 0 Å². The number of rotatable bonds is 7. The van der Waals surface area contributed by atoms with E-state index in [4.69, 9.17) is 32.9 Å². The summed E-state index contributed by atoms with van der Waals surface area (Å²) in [5, 5.41) is 6.60. The van der Waals surface area contributed by atoms with E-state index < -0.39 is 0 Å². The Balaban J connectivity index is 1.52. The molecule has 0 saturated carbocycles. The average molecular weight is 579 g/mol. The van der Waals surface area contributed by atoms with Crippen molar-refractivity contribution >= 4 is 45.2 Å². The van der Waals surface area contributed by atoms with Crippen molar-refractivity contribution in [3.63, 3.8) is 0 Å². The van der Waals surface area contributed by atoms with Crippen molar-refractivity contribution in [3.05, 3.63) is 68.9 Å². The Morgan fingerprint density at radius 2 is 1.89 bits per heavy atom. The van der Waals surface area contributed by atoms with Gasteiger partial charge in [-0.2, -0.15) is 0 Å². The summed E-state index contributed by atoms with van der Waals surface area (Å²) in [6.07, 6.45) is 3.70. The van der Waals surface area contributed by atoms with Gasteiger partial charge < -0.3 is 15.4 Å². The number of nitrogens with one attached hydrogen (secondary N) is 2. The van der Waals surface area contributed by atoms with Gasteiger partial charge in [0.25, 0.3) is 0 Å². The molecule has 10 heteroatoms. The minimum atomic E-state index is -0.133. The first-order valence-corrected chi connectivity index (χ1v) is 12.9. The highest BCUT2D eigenvalue weighted by Crippen LogP contribution is 2.31. The third kappa shape index (κ3) is 7.54. The molecule has 1 fully saturated rings. The number of carbonyl (C=O) groups excluding carboxylic acids is 1. The van der Waals surface area contributed by atoms with Crippen LogP contribution in [0.25, 0.3) is 11.3 Å². The molecule has 1 aliphatic rings. The van der Waals surface area contributed by atoms with E-state index in [1.165, 1.54) is 0 Å². The van der Waals surface area contributed by atoms with Crippen LogP contribution in [0, 0.1) is 5.92 Å². The van der Waals surface area contributed by atoms with Gasteiger partial charge in [0, 0.05) is 41.8 Å². The molecule has 3 heterocycles. The van der Waals surface area contributed by atoms with Crippen LogP contribution in [0.1, 0.15) is 18.4 Å². The van der Waals surface area contributed by atoms with E-state index in [1.807, 2.05) is 36.4 Å². The molecule has 1 aromatic carbocycles. The Morgan fingerprint density at radius 3 is 2.54 bits per heavy atom. The minimum absolute atomic E-state index is 0.133. The summed E-state index contributed by atoms with van der Waals surface area (Å²) in [5.41, 5.74) is 2.63. The number of piperidine rings is 1. The molecule has 0 unspecified atom stereocenters. The van der Waals surface area contributed by atoms with Crippen molar-refractivity contribution in [2.75, 3.05) is 26.7 Å². The van der Waals surface area contributed by atoms with E-state index in [-0.39, 0.29) is 6.03 Å². The molecule has 7 nitrogen and oxygen atoms in total. The van der Waals surface area contributed by atoms with Crippen molar-refractivity contribution in [3.8, 4) is 22.9 Å². The first-order chi connectivity index (χ1) is 16.9. The molecule has 0 atom stereocenters. The number of halogens is 3. The Morgan fingerprint density at radius 1 is 1.14 bits per heavy atom. The zero-order valence-corrected chi connectivity index (χ0v) is 22.3. The van der Waals surface area contributed by atoms with Crippen LogP contribution in [-0.2, 0) is 6.54 Å². The number of hydrogen-bond acceptors (Lipinski definition) is 5. The van der Waals surface area contributed by atoms with Crippen LogP contribution in [0.2, 0.25) is 10.0 Å². The predicted molar refractivity (Wildman–Crippen MR) is 142 cm³/mol. The summed E-state index contributed by atoms with van der Waals surface area (Å²) >= 11 is 15.8. The number of urea groups is 1. The second-order valence-electron chi connectivity index (χ2n) is 8.46. The van der Waals surface area contributed by atoms with E-state index in [0.29, 0.717) is 34.1 Å². The van der Waals surface area contributed by atoms with Gasteiger partial charge in [0.1, 0.15) is 10.4 Å². The van der Waals surface area contributed by atoms with Gasteiger partial charge >= 0.3 is 6.03 Å². The molecule has 2 N–H and O–H groups in total. The Kier molecular flexibility index (Phi) is 8.83. The number of carbonyl (C=O) groups is 1. The van der Waals surface area contributed by atoms with E-state index in [9.17, 15) is 4.79 Å². The highest BCUT2D eigenvalue weighted by atomic mass is 79.9. The van der Waals surface area contributed by atoms with Crippen LogP contribution in [0.4, 0.5) is 4.79 Å². The summed E-state index contributed by atoms with van der Waals surface area (Å²) in [7, 11) is 1.63. The number of hydrogen-bond donors (Lipinski definition) is 2. The maximum atomic E-state index is 11.5. The molecule has 3 aromatic rings. The van der Waals surface area contributed by atoms with Gasteiger partial charge in [0.05, 0.1) is 11.9 Å². The lowest BCUT2D eigenvalue weighted by Gasteiger charge is -2.32. The van der Waals surface area contributed by atoms with Gasteiger partial charge in [0.2, 0.25) is 5.88 Å². The molecule has 0 bridgehead atoms. The molecule has 1 saturated heterocycles. The lowest BCUT2D eigenvalue weighted by atomic mass is 9.96. The fourth-order valence-corrected chi connectivity index (χ4v) is 4.79. The van der Waals surface area contributed by atoms with E-state index >= 15 is 0 Å². The standard InChI is InChI=1S/C25H26BrCl2N5O2/c1-29-25(34)31-13-16-4-6-33(7-5-16)15-17-8-22(18-10-19(27)12-20(28)11-18)32-24(9-17)35-21-2-3-23(26)30-14-21/h2-3,8-12,14,16H,4-7,13,15H2,1H3,(H2,29,31,34). The van der Waals surface area contributed by atoms with Crippen molar-refractivity contribution in [2.45, 2.75) is 19.4 Å². The Hall–Kier alpha value is -2.39. The fourth-order valence-electron chi connectivity index (χ4n) is 4.03. The maximum Gasteiger partial charge on any atom is 0.314 e. The quantitative estimate of drug-likeness (QED) is 0.329. The lowest BCUT2D eigenvalue weighted by molar-refractivity contribution is 0.175. The monoisotopic (exact) mass is 577 g/mol. The molecular weight excluding hydrogens is 553 g/mol. The second-order valence-corrected chi connectivity index (χ2v) is 10.1. The van der Waals surface area contributed by atoms with Crippen molar-refractivity contribution < 1.29 is 9.53 Å². The molecule has 2 amide bonds. The molecular formula is C25H26BrCl2N5O2. The van der Waals surface area contributed by atoms with Crippen molar-refractivity contribution in [2.24, 2.45) is 5.92 Å². The van der Waals surface area contributed by atoms with Crippen LogP contribution in [0.5, 0.6) is 11.6 Å². The number of amides is 2. The zero-order chi connectivity index (χ0) is 24.8. The minimum Gasteiger partial charge on any atom is -0.437 e. The first kappa shape index (κ1) is 25.7. The fraction of sp³-hybridized carbons (Fsp3) is 0.320. The summed E-state index contributed by atoms with van der Waals surface area (Å²) in [6.45, 7) is 3.36. The average Bonchev–Trinajstić information content (AvgIpc) is 2.84. The Labute approximate surface area is 223 Å². The number of aromatic nitrogens is 2. The maximum absolute atomic E-state index is 11.5. The molecule has 35 heavy (non-hydrogen) atoms. The van der Waals surface area contributed by atoms with Gasteiger partial charge in [-0.05, 0) is 89.7 Å². The zero-order valence-electron chi connectivity index (χ0n) is 19.2. The van der Waals surface area contributed by atoms with Crippen LogP contribution in [0.3, 0.4) is 0 Å². The SMILES string of the molecule is CNC(=O)NCC1CCN(Cc2cc(Oc3ccc(Br)nc3)nc(-c3cc(Cl)cc(Cl)c3)c2)CC1. The van der Waals surface area contributed by atoms with Crippen LogP contribution < -0.4 is 15.4 Å². The summed E-state index contributed by atoms with van der Waals surface area (Å²) < 4.78 is 6.77. The number of ether oxygens (including phenoxy) is 1. The van der Waals surface area contributed by atoms with Crippen LogP contribution in [0.15, 0.2) is 53.3 Å². The summed E-state index contributed by atoms with van der Waals surface area (Å²) in [5.74, 6) is 1.55. The molecule has 0 aliphatic carbocycles. The van der Waals surface area contributed by atoms with Crippen molar-refractivity contribution in [1.82, 2.24) is 25.5 Å². The third-order valence-corrected chi connectivity index (χ3v) is 6.74.